The Bertz CT molecular complexity index is 625. The van der Waals surface area contributed by atoms with Crippen molar-refractivity contribution in [2.24, 2.45) is 11.1 Å². The van der Waals surface area contributed by atoms with Crippen LogP contribution in [-0.2, 0) is 9.47 Å². The summed E-state index contributed by atoms with van der Waals surface area (Å²) in [6.45, 7) is 15.0. The molecule has 2 rings (SSSR count). The van der Waals surface area contributed by atoms with Crippen LogP contribution >= 0.6 is 11.9 Å². The molecule has 0 unspecified atom stereocenters. The van der Waals surface area contributed by atoms with E-state index in [4.69, 9.17) is 19.9 Å². The fourth-order valence-electron chi connectivity index (χ4n) is 2.45. The van der Waals surface area contributed by atoms with E-state index in [1.54, 1.807) is 6.08 Å². The van der Waals surface area contributed by atoms with Crippen LogP contribution in [0.4, 0.5) is 5.69 Å². The van der Waals surface area contributed by atoms with E-state index in [0.29, 0.717) is 4.91 Å². The van der Waals surface area contributed by atoms with Gasteiger partial charge in [-0.15, -0.1) is 0 Å². The summed E-state index contributed by atoms with van der Waals surface area (Å²) in [4.78, 5) is 2.80. The smallest absolute Gasteiger partial charge is 0.107 e. The van der Waals surface area contributed by atoms with Gasteiger partial charge in [-0.1, -0.05) is 26.0 Å². The number of morpholine rings is 1. The Morgan fingerprint density at radius 3 is 2.36 bits per heavy atom. The van der Waals surface area contributed by atoms with Gasteiger partial charge in [0.25, 0.3) is 0 Å². The van der Waals surface area contributed by atoms with Crippen molar-refractivity contribution in [1.82, 2.24) is 0 Å². The maximum atomic E-state index is 8.80. The maximum Gasteiger partial charge on any atom is 0.107 e. The molecular formula is C22H35N3O2S. The number of hydrogen-bond acceptors (Lipinski definition) is 6. The van der Waals surface area contributed by atoms with Crippen molar-refractivity contribution in [2.75, 3.05) is 37.8 Å². The molecule has 1 aromatic carbocycles. The first kappa shape index (κ1) is 24.5. The Balaban J connectivity index is 0.000000336. The fraction of sp³-hybridized carbons (Fsp3) is 0.591. The highest BCUT2D eigenvalue weighted by atomic mass is 32.2. The van der Waals surface area contributed by atoms with E-state index < -0.39 is 0 Å². The molecule has 1 saturated heterocycles. The summed E-state index contributed by atoms with van der Waals surface area (Å²) < 4.78 is 10.9. The molecule has 0 aliphatic carbocycles. The average Bonchev–Trinajstić information content (AvgIpc) is 2.66. The summed E-state index contributed by atoms with van der Waals surface area (Å²) in [5.74, 6) is 0.752. The van der Waals surface area contributed by atoms with Gasteiger partial charge in [-0.2, -0.15) is 5.26 Å². The number of allylic oxidation sites excluding steroid dienone is 1. The van der Waals surface area contributed by atoms with Crippen LogP contribution in [0.15, 0.2) is 29.2 Å². The maximum absolute atomic E-state index is 8.80. The van der Waals surface area contributed by atoms with Crippen LogP contribution in [0.2, 0.25) is 0 Å². The molecule has 0 radical (unpaired) electrons. The second kappa shape index (κ2) is 12.8. The molecule has 0 bridgehead atoms. The first-order chi connectivity index (χ1) is 13.2. The Morgan fingerprint density at radius 2 is 1.89 bits per heavy atom. The Hall–Kier alpha value is -1.52. The summed E-state index contributed by atoms with van der Waals surface area (Å²) in [7, 11) is 0. The van der Waals surface area contributed by atoms with Crippen LogP contribution in [0.1, 0.15) is 46.6 Å². The SMILES string of the molecule is CC(C)CCOC(C)(C)C.N#C/C(=C\c1ccc(N2CCOCC2)cc1)SN. The van der Waals surface area contributed by atoms with E-state index in [1.807, 2.05) is 12.1 Å². The van der Waals surface area contributed by atoms with Crippen molar-refractivity contribution >= 4 is 23.7 Å². The highest BCUT2D eigenvalue weighted by Crippen LogP contribution is 2.19. The van der Waals surface area contributed by atoms with Gasteiger partial charge in [0.2, 0.25) is 0 Å². The van der Waals surface area contributed by atoms with Crippen molar-refractivity contribution in [3.05, 3.63) is 34.7 Å². The van der Waals surface area contributed by atoms with Gasteiger partial charge in [-0.05, 0) is 68.8 Å². The monoisotopic (exact) mass is 405 g/mol. The second-order valence-corrected chi connectivity index (χ2v) is 8.75. The predicted molar refractivity (Wildman–Crippen MR) is 120 cm³/mol. The Morgan fingerprint density at radius 1 is 1.29 bits per heavy atom. The number of nitrogens with zero attached hydrogens (tertiary/aromatic N) is 2. The molecule has 0 saturated carbocycles. The molecule has 0 amide bonds. The van der Waals surface area contributed by atoms with E-state index in [0.717, 1.165) is 62.8 Å². The summed E-state index contributed by atoms with van der Waals surface area (Å²) in [5, 5.41) is 14.2. The molecule has 1 aliphatic heterocycles. The summed E-state index contributed by atoms with van der Waals surface area (Å²) in [5.41, 5.74) is 2.21. The van der Waals surface area contributed by atoms with Crippen molar-refractivity contribution in [2.45, 2.75) is 46.6 Å². The molecule has 0 atom stereocenters. The molecule has 1 heterocycles. The van der Waals surface area contributed by atoms with Crippen molar-refractivity contribution in [3.63, 3.8) is 0 Å². The van der Waals surface area contributed by atoms with Gasteiger partial charge >= 0.3 is 0 Å². The lowest BCUT2D eigenvalue weighted by molar-refractivity contribution is -0.00774. The van der Waals surface area contributed by atoms with Gasteiger partial charge in [0, 0.05) is 25.4 Å². The van der Waals surface area contributed by atoms with Crippen LogP contribution in [0.3, 0.4) is 0 Å². The molecule has 0 aromatic heterocycles. The highest BCUT2D eigenvalue weighted by Gasteiger charge is 2.10. The predicted octanol–water partition coefficient (Wildman–Crippen LogP) is 4.84. The zero-order valence-electron chi connectivity index (χ0n) is 17.9. The highest BCUT2D eigenvalue weighted by molar-refractivity contribution is 8.01. The van der Waals surface area contributed by atoms with Crippen molar-refractivity contribution in [3.8, 4) is 6.07 Å². The Kier molecular flexibility index (Phi) is 11.2. The lowest BCUT2D eigenvalue weighted by Crippen LogP contribution is -2.36. The number of nitrogens with two attached hydrogens (primary N) is 1. The van der Waals surface area contributed by atoms with E-state index in [9.17, 15) is 0 Å². The first-order valence-corrected chi connectivity index (χ1v) is 10.7. The minimum absolute atomic E-state index is 0.0366. The molecule has 0 spiro atoms. The van der Waals surface area contributed by atoms with Crippen molar-refractivity contribution in [1.29, 1.82) is 5.26 Å². The van der Waals surface area contributed by atoms with E-state index in [1.165, 1.54) is 5.69 Å². The molecule has 1 fully saturated rings. The molecule has 1 aliphatic rings. The van der Waals surface area contributed by atoms with Crippen LogP contribution < -0.4 is 10.0 Å². The van der Waals surface area contributed by atoms with Gasteiger partial charge in [-0.25, -0.2) is 0 Å². The Labute approximate surface area is 175 Å². The third-order valence-electron chi connectivity index (χ3n) is 4.03. The summed E-state index contributed by atoms with van der Waals surface area (Å²) in [6, 6.07) is 10.2. The largest absolute Gasteiger partial charge is 0.378 e. The normalized spacial score (nSPS) is 15.1. The quantitative estimate of drug-likeness (QED) is 0.539. The number of rotatable bonds is 6. The fourth-order valence-corrected chi connectivity index (χ4v) is 2.70. The number of ether oxygens (including phenoxy) is 2. The lowest BCUT2D eigenvalue weighted by atomic mass is 10.1. The number of benzene rings is 1. The minimum Gasteiger partial charge on any atom is -0.378 e. The van der Waals surface area contributed by atoms with Gasteiger partial charge < -0.3 is 14.4 Å². The van der Waals surface area contributed by atoms with E-state index >= 15 is 0 Å². The van der Waals surface area contributed by atoms with Gasteiger partial charge in [0.15, 0.2) is 0 Å². The summed E-state index contributed by atoms with van der Waals surface area (Å²) in [6.07, 6.45) is 2.95. The molecule has 1 aromatic rings. The zero-order valence-corrected chi connectivity index (χ0v) is 18.7. The number of nitriles is 1. The van der Waals surface area contributed by atoms with E-state index in [-0.39, 0.29) is 5.60 Å². The lowest BCUT2D eigenvalue weighted by Gasteiger charge is -2.28. The van der Waals surface area contributed by atoms with Gasteiger partial charge in [0.1, 0.15) is 11.0 Å². The second-order valence-electron chi connectivity index (χ2n) is 8.07. The van der Waals surface area contributed by atoms with Crippen molar-refractivity contribution < 1.29 is 9.47 Å². The average molecular weight is 406 g/mol. The molecular weight excluding hydrogens is 370 g/mol. The minimum atomic E-state index is 0.0366. The third kappa shape index (κ3) is 10.7. The molecule has 2 N–H and O–H groups in total. The zero-order chi connectivity index (χ0) is 21.0. The van der Waals surface area contributed by atoms with Crippen LogP contribution in [0, 0.1) is 17.2 Å². The number of anilines is 1. The standard InChI is InChI=1S/C13H15N3OS.C9H20O/c14-10-13(18-15)9-11-1-3-12(4-2-11)16-5-7-17-8-6-16;1-8(2)6-7-10-9(3,4)5/h1-4,9H,5-8,15H2;8H,6-7H2,1-5H3/b13-9+;. The van der Waals surface area contributed by atoms with Gasteiger partial charge in [0.05, 0.1) is 18.8 Å². The van der Waals surface area contributed by atoms with Gasteiger partial charge in [-0.3, -0.25) is 5.14 Å². The molecule has 156 valence electrons. The summed E-state index contributed by atoms with van der Waals surface area (Å²) >= 11 is 0.970. The molecule has 6 heteroatoms. The number of hydrogen-bond donors (Lipinski definition) is 1. The first-order valence-electron chi connectivity index (χ1n) is 9.80. The molecule has 28 heavy (non-hydrogen) atoms. The third-order valence-corrected chi connectivity index (χ3v) is 4.50. The van der Waals surface area contributed by atoms with Crippen LogP contribution in [-0.4, -0.2) is 38.5 Å². The molecule has 5 nitrogen and oxygen atoms in total. The van der Waals surface area contributed by atoms with E-state index in [2.05, 4.69) is 57.7 Å². The van der Waals surface area contributed by atoms with Crippen LogP contribution in [0.5, 0.6) is 0 Å². The van der Waals surface area contributed by atoms with Crippen LogP contribution in [0.25, 0.3) is 6.08 Å². The topological polar surface area (TPSA) is 71.5 Å².